The van der Waals surface area contributed by atoms with Gasteiger partial charge >= 0.3 is 0 Å². The summed E-state index contributed by atoms with van der Waals surface area (Å²) in [7, 11) is 0. The lowest BCUT2D eigenvalue weighted by atomic mass is 9.92. The highest BCUT2D eigenvalue weighted by atomic mass is 16.4. The van der Waals surface area contributed by atoms with Gasteiger partial charge in [-0.3, -0.25) is 9.59 Å². The van der Waals surface area contributed by atoms with Crippen LogP contribution in [0.3, 0.4) is 0 Å². The lowest BCUT2D eigenvalue weighted by Crippen LogP contribution is -2.66. The summed E-state index contributed by atoms with van der Waals surface area (Å²) < 4.78 is 0. The summed E-state index contributed by atoms with van der Waals surface area (Å²) >= 11 is 0. The van der Waals surface area contributed by atoms with Gasteiger partial charge in [-0.25, -0.2) is 0 Å². The molecule has 7 heteroatoms. The fourth-order valence-corrected chi connectivity index (χ4v) is 2.71. The molecule has 4 atom stereocenters. The number of hydrogen-bond acceptors (Lipinski definition) is 5. The van der Waals surface area contributed by atoms with Gasteiger partial charge in [0.25, 0.3) is 11.8 Å². The van der Waals surface area contributed by atoms with Gasteiger partial charge in [0.1, 0.15) is 12.2 Å². The molecule has 1 aromatic rings. The largest absolute Gasteiger partial charge is 0.388 e. The van der Waals surface area contributed by atoms with E-state index < -0.39 is 30.3 Å². The van der Waals surface area contributed by atoms with Crippen molar-refractivity contribution in [1.82, 2.24) is 10.2 Å². The first kappa shape index (κ1) is 17.4. The Morgan fingerprint density at radius 2 is 1.83 bits per heavy atom. The van der Waals surface area contributed by atoms with E-state index >= 15 is 0 Å². The first-order valence-electron chi connectivity index (χ1n) is 7.65. The van der Waals surface area contributed by atoms with Crippen molar-refractivity contribution in [2.75, 3.05) is 13.1 Å². The molecule has 1 saturated heterocycles. The van der Waals surface area contributed by atoms with E-state index in [1.54, 1.807) is 30.3 Å². The van der Waals surface area contributed by atoms with E-state index in [9.17, 15) is 24.9 Å². The topological polar surface area (TPSA) is 110 Å². The molecular formula is C16H22N2O5. The van der Waals surface area contributed by atoms with Crippen molar-refractivity contribution >= 4 is 11.8 Å². The predicted molar refractivity (Wildman–Crippen MR) is 82.6 cm³/mol. The summed E-state index contributed by atoms with van der Waals surface area (Å²) in [5.41, 5.74) is 0.465. The van der Waals surface area contributed by atoms with E-state index in [0.29, 0.717) is 18.5 Å². The summed E-state index contributed by atoms with van der Waals surface area (Å²) in [6.07, 6.45) is -3.90. The van der Waals surface area contributed by atoms with Crippen molar-refractivity contribution in [2.24, 2.45) is 0 Å². The number of aliphatic hydroxyl groups excluding tert-OH is 3. The van der Waals surface area contributed by atoms with Crippen molar-refractivity contribution in [3.63, 3.8) is 0 Å². The minimum Gasteiger partial charge on any atom is -0.388 e. The van der Waals surface area contributed by atoms with E-state index in [-0.39, 0.29) is 12.5 Å². The molecule has 0 radical (unpaired) electrons. The fraction of sp³-hybridized carbons (Fsp3) is 0.500. The number of aliphatic hydroxyl groups is 3. The van der Waals surface area contributed by atoms with Gasteiger partial charge in [0.2, 0.25) is 0 Å². The third-order valence-electron chi connectivity index (χ3n) is 3.98. The van der Waals surface area contributed by atoms with E-state index in [2.05, 4.69) is 5.32 Å². The summed E-state index contributed by atoms with van der Waals surface area (Å²) in [6.45, 7) is 2.17. The molecule has 4 N–H and O–H groups in total. The van der Waals surface area contributed by atoms with E-state index in [1.807, 2.05) is 6.92 Å². The minimum absolute atomic E-state index is 0.00951. The molecule has 0 saturated carbocycles. The number of nitrogens with zero attached hydrogens (tertiary/aromatic N) is 1. The number of benzene rings is 1. The highest BCUT2D eigenvalue weighted by molar-refractivity contribution is 5.94. The smallest absolute Gasteiger partial charge is 0.254 e. The quantitative estimate of drug-likeness (QED) is 0.563. The SMILES string of the molecule is CCCN1C(=O)[C@H](O)[C@H](O)[C@H](O)[C@H]1CNC(=O)c1ccccc1. The normalized spacial score (nSPS) is 27.8. The molecule has 0 aliphatic carbocycles. The van der Waals surface area contributed by atoms with Crippen LogP contribution in [0, 0.1) is 0 Å². The minimum atomic E-state index is -1.64. The van der Waals surface area contributed by atoms with Gasteiger partial charge < -0.3 is 25.5 Å². The number of rotatable bonds is 5. The number of piperidine rings is 1. The summed E-state index contributed by atoms with van der Waals surface area (Å²) in [5, 5.41) is 32.3. The van der Waals surface area contributed by atoms with Crippen molar-refractivity contribution in [1.29, 1.82) is 0 Å². The number of likely N-dealkylation sites (tertiary alicyclic amines) is 1. The second kappa shape index (κ2) is 7.54. The molecule has 126 valence electrons. The third kappa shape index (κ3) is 3.69. The zero-order chi connectivity index (χ0) is 17.0. The Hall–Kier alpha value is -1.96. The Morgan fingerprint density at radius 3 is 2.43 bits per heavy atom. The van der Waals surface area contributed by atoms with Crippen LogP contribution < -0.4 is 5.32 Å². The summed E-state index contributed by atoms with van der Waals surface area (Å²) in [4.78, 5) is 25.5. The number of hydrogen-bond donors (Lipinski definition) is 4. The first-order valence-corrected chi connectivity index (χ1v) is 7.65. The average molecular weight is 322 g/mol. The van der Waals surface area contributed by atoms with Crippen LogP contribution in [-0.2, 0) is 4.79 Å². The second-order valence-electron chi connectivity index (χ2n) is 5.60. The highest BCUT2D eigenvalue weighted by Gasteiger charge is 2.46. The van der Waals surface area contributed by atoms with Crippen molar-refractivity contribution in [3.05, 3.63) is 35.9 Å². The van der Waals surface area contributed by atoms with Crippen LogP contribution in [-0.4, -0.2) is 69.5 Å². The predicted octanol–water partition coefficient (Wildman–Crippen LogP) is -0.880. The number of nitrogens with one attached hydrogen (secondary N) is 1. The van der Waals surface area contributed by atoms with E-state index in [1.165, 1.54) is 4.90 Å². The lowest BCUT2D eigenvalue weighted by molar-refractivity contribution is -0.175. The maximum absolute atomic E-state index is 12.1. The zero-order valence-corrected chi connectivity index (χ0v) is 12.9. The Balaban J connectivity index is 2.08. The Kier molecular flexibility index (Phi) is 5.70. The molecule has 0 bridgehead atoms. The van der Waals surface area contributed by atoms with Gasteiger partial charge in [0.05, 0.1) is 6.04 Å². The van der Waals surface area contributed by atoms with Gasteiger partial charge in [-0.2, -0.15) is 0 Å². The standard InChI is InChI=1S/C16H22N2O5/c1-2-8-18-11(12(19)13(20)14(21)16(18)23)9-17-15(22)10-6-4-3-5-7-10/h3-7,11-14,19-21H,2,8-9H2,1H3,(H,17,22)/t11-,12-,13-,14-/m1/s1. The van der Waals surface area contributed by atoms with Gasteiger partial charge in [0, 0.05) is 18.7 Å². The molecule has 1 aliphatic rings. The molecule has 7 nitrogen and oxygen atoms in total. The third-order valence-corrected chi connectivity index (χ3v) is 3.98. The van der Waals surface area contributed by atoms with Gasteiger partial charge in [-0.1, -0.05) is 25.1 Å². The van der Waals surface area contributed by atoms with Gasteiger partial charge in [-0.05, 0) is 18.6 Å². The molecule has 23 heavy (non-hydrogen) atoms. The molecule has 2 rings (SSSR count). The van der Waals surface area contributed by atoms with Crippen LogP contribution in [0.2, 0.25) is 0 Å². The monoisotopic (exact) mass is 322 g/mol. The Morgan fingerprint density at radius 1 is 1.17 bits per heavy atom. The van der Waals surface area contributed by atoms with Crippen LogP contribution in [0.1, 0.15) is 23.7 Å². The van der Waals surface area contributed by atoms with Crippen LogP contribution in [0.4, 0.5) is 0 Å². The molecule has 2 amide bonds. The molecule has 0 spiro atoms. The summed E-state index contributed by atoms with van der Waals surface area (Å²) in [5.74, 6) is -0.967. The number of carbonyl (C=O) groups is 2. The zero-order valence-electron chi connectivity index (χ0n) is 12.9. The maximum atomic E-state index is 12.1. The number of amides is 2. The molecule has 1 aromatic carbocycles. The van der Waals surface area contributed by atoms with Crippen LogP contribution in [0.15, 0.2) is 30.3 Å². The van der Waals surface area contributed by atoms with Crippen LogP contribution >= 0.6 is 0 Å². The molecule has 0 unspecified atom stereocenters. The van der Waals surface area contributed by atoms with Crippen molar-refractivity contribution < 1.29 is 24.9 Å². The molecular weight excluding hydrogens is 300 g/mol. The highest BCUT2D eigenvalue weighted by Crippen LogP contribution is 2.20. The van der Waals surface area contributed by atoms with Crippen molar-refractivity contribution in [3.8, 4) is 0 Å². The van der Waals surface area contributed by atoms with E-state index in [4.69, 9.17) is 0 Å². The molecule has 1 aliphatic heterocycles. The second-order valence-corrected chi connectivity index (χ2v) is 5.60. The van der Waals surface area contributed by atoms with Crippen LogP contribution in [0.25, 0.3) is 0 Å². The average Bonchev–Trinajstić information content (AvgIpc) is 2.58. The van der Waals surface area contributed by atoms with Gasteiger partial charge in [0.15, 0.2) is 6.10 Å². The van der Waals surface area contributed by atoms with Gasteiger partial charge in [-0.15, -0.1) is 0 Å². The molecule has 0 aromatic heterocycles. The molecule has 1 heterocycles. The Bertz CT molecular complexity index is 551. The van der Waals surface area contributed by atoms with Crippen molar-refractivity contribution in [2.45, 2.75) is 37.7 Å². The Labute approximate surface area is 134 Å². The fourth-order valence-electron chi connectivity index (χ4n) is 2.71. The van der Waals surface area contributed by atoms with E-state index in [0.717, 1.165) is 0 Å². The molecule has 1 fully saturated rings. The number of carbonyl (C=O) groups excluding carboxylic acids is 2. The first-order chi connectivity index (χ1) is 11.0. The summed E-state index contributed by atoms with van der Waals surface area (Å²) in [6, 6.07) is 7.78. The van der Waals surface area contributed by atoms with Crippen LogP contribution in [0.5, 0.6) is 0 Å². The lowest BCUT2D eigenvalue weighted by Gasteiger charge is -2.43. The maximum Gasteiger partial charge on any atom is 0.254 e.